The summed E-state index contributed by atoms with van der Waals surface area (Å²) in [5.41, 5.74) is 8.76. The lowest BCUT2D eigenvalue weighted by Gasteiger charge is -2.31. The number of aromatic nitrogens is 1. The van der Waals surface area contributed by atoms with Crippen LogP contribution in [0.4, 0.5) is 11.4 Å². The minimum absolute atomic E-state index is 0.243. The quantitative estimate of drug-likeness (QED) is 0.572. The van der Waals surface area contributed by atoms with Gasteiger partial charge in [0.25, 0.3) is 0 Å². The molecule has 29 heavy (non-hydrogen) atoms. The molecule has 2 aromatic carbocycles. The van der Waals surface area contributed by atoms with E-state index in [2.05, 4.69) is 128 Å². The Balaban J connectivity index is 1.60. The van der Waals surface area contributed by atoms with Crippen molar-refractivity contribution in [2.45, 2.75) is 19.9 Å². The van der Waals surface area contributed by atoms with Crippen LogP contribution in [-0.2, 0) is 0 Å². The lowest BCUT2D eigenvalue weighted by Crippen LogP contribution is -2.30. The van der Waals surface area contributed by atoms with E-state index in [-0.39, 0.29) is 6.04 Å². The van der Waals surface area contributed by atoms with Crippen LogP contribution in [0, 0.1) is 13.8 Å². The van der Waals surface area contributed by atoms with Crippen LogP contribution in [0.1, 0.15) is 22.5 Å². The number of nitrogens with zero attached hydrogens (tertiary/aromatic N) is 3. The van der Waals surface area contributed by atoms with E-state index in [4.69, 9.17) is 0 Å². The van der Waals surface area contributed by atoms with Gasteiger partial charge in [0, 0.05) is 49.6 Å². The third-order valence-corrected chi connectivity index (χ3v) is 5.79. The van der Waals surface area contributed by atoms with Crippen molar-refractivity contribution in [3.8, 4) is 5.69 Å². The van der Waals surface area contributed by atoms with Crippen LogP contribution < -0.4 is 9.80 Å². The van der Waals surface area contributed by atoms with Crippen LogP contribution >= 0.6 is 0 Å². The molecule has 1 aromatic heterocycles. The standard InChI is InChI=1S/C26H29N3/c1-19-17-21(20(2)29(19)24-9-7-6-8-10-24)11-13-23-14-12-22-18-25(27(3)4)15-16-26(22)28(23)5/h6-18,23H,1-5H3. The van der Waals surface area contributed by atoms with E-state index in [1.54, 1.807) is 0 Å². The monoisotopic (exact) mass is 383 g/mol. The normalized spacial score (nSPS) is 15.8. The Morgan fingerprint density at radius 2 is 1.72 bits per heavy atom. The van der Waals surface area contributed by atoms with Crippen molar-refractivity contribution in [3.05, 3.63) is 89.3 Å². The van der Waals surface area contributed by atoms with Gasteiger partial charge in [-0.2, -0.15) is 0 Å². The average molecular weight is 384 g/mol. The summed E-state index contributed by atoms with van der Waals surface area (Å²) in [5, 5.41) is 0. The number of aryl methyl sites for hydroxylation is 1. The number of hydrogen-bond acceptors (Lipinski definition) is 2. The maximum atomic E-state index is 2.33. The minimum Gasteiger partial charge on any atom is -0.378 e. The van der Waals surface area contributed by atoms with Crippen molar-refractivity contribution in [2.24, 2.45) is 0 Å². The van der Waals surface area contributed by atoms with Gasteiger partial charge in [-0.05, 0) is 61.4 Å². The summed E-state index contributed by atoms with van der Waals surface area (Å²) < 4.78 is 2.32. The van der Waals surface area contributed by atoms with Crippen molar-refractivity contribution in [1.82, 2.24) is 4.57 Å². The van der Waals surface area contributed by atoms with E-state index in [1.165, 1.54) is 39.6 Å². The van der Waals surface area contributed by atoms with E-state index in [0.29, 0.717) is 0 Å². The molecule has 0 saturated heterocycles. The van der Waals surface area contributed by atoms with Gasteiger partial charge in [-0.1, -0.05) is 42.5 Å². The zero-order valence-corrected chi connectivity index (χ0v) is 17.9. The summed E-state index contributed by atoms with van der Waals surface area (Å²) in [7, 11) is 6.32. The first-order chi connectivity index (χ1) is 14.0. The second-order valence-electron chi connectivity index (χ2n) is 7.95. The van der Waals surface area contributed by atoms with Crippen molar-refractivity contribution < 1.29 is 0 Å². The second-order valence-corrected chi connectivity index (χ2v) is 7.95. The first-order valence-corrected chi connectivity index (χ1v) is 10.1. The molecule has 0 radical (unpaired) electrons. The molecule has 2 heterocycles. The van der Waals surface area contributed by atoms with Gasteiger partial charge in [0.2, 0.25) is 0 Å². The maximum absolute atomic E-state index is 2.33. The Bertz CT molecular complexity index is 1070. The number of anilines is 2. The summed E-state index contributed by atoms with van der Waals surface area (Å²) in [5.74, 6) is 0. The summed E-state index contributed by atoms with van der Waals surface area (Å²) in [6, 6.07) is 19.7. The Morgan fingerprint density at radius 1 is 0.966 bits per heavy atom. The van der Waals surface area contributed by atoms with Crippen molar-refractivity contribution >= 4 is 23.5 Å². The average Bonchev–Trinajstić information content (AvgIpc) is 3.01. The molecular formula is C26H29N3. The second kappa shape index (κ2) is 7.67. The predicted octanol–water partition coefficient (Wildman–Crippen LogP) is 5.71. The molecule has 1 unspecified atom stereocenters. The largest absolute Gasteiger partial charge is 0.378 e. The molecule has 1 aliphatic rings. The number of para-hydroxylation sites is 1. The number of hydrogen-bond donors (Lipinski definition) is 0. The summed E-state index contributed by atoms with van der Waals surface area (Å²) in [4.78, 5) is 4.48. The van der Waals surface area contributed by atoms with E-state index in [0.717, 1.165) is 0 Å². The van der Waals surface area contributed by atoms with Gasteiger partial charge in [0.05, 0.1) is 6.04 Å². The van der Waals surface area contributed by atoms with E-state index in [1.807, 2.05) is 0 Å². The molecule has 3 aromatic rings. The topological polar surface area (TPSA) is 11.4 Å². The Morgan fingerprint density at radius 3 is 2.45 bits per heavy atom. The van der Waals surface area contributed by atoms with Gasteiger partial charge in [0.1, 0.15) is 0 Å². The van der Waals surface area contributed by atoms with Crippen molar-refractivity contribution in [1.29, 1.82) is 0 Å². The summed E-state index contributed by atoms with van der Waals surface area (Å²) in [6.07, 6.45) is 9.06. The number of rotatable bonds is 4. The molecule has 0 saturated carbocycles. The van der Waals surface area contributed by atoms with Gasteiger partial charge < -0.3 is 14.4 Å². The Hall–Kier alpha value is -3.20. The van der Waals surface area contributed by atoms with Gasteiger partial charge in [-0.3, -0.25) is 0 Å². The third kappa shape index (κ3) is 3.61. The molecule has 0 N–H and O–H groups in total. The molecule has 0 amide bonds. The predicted molar refractivity (Wildman–Crippen MR) is 126 cm³/mol. The first-order valence-electron chi connectivity index (χ1n) is 10.1. The maximum Gasteiger partial charge on any atom is 0.0660 e. The molecule has 0 fully saturated rings. The van der Waals surface area contributed by atoms with Crippen molar-refractivity contribution in [2.75, 3.05) is 30.9 Å². The highest BCUT2D eigenvalue weighted by Gasteiger charge is 2.18. The van der Waals surface area contributed by atoms with Crippen LogP contribution in [0.2, 0.25) is 0 Å². The number of benzene rings is 2. The van der Waals surface area contributed by atoms with E-state index in [9.17, 15) is 0 Å². The number of likely N-dealkylation sites (N-methyl/N-ethyl adjacent to an activating group) is 1. The molecule has 0 spiro atoms. The van der Waals surface area contributed by atoms with Crippen LogP contribution in [-0.4, -0.2) is 31.8 Å². The zero-order valence-electron chi connectivity index (χ0n) is 17.9. The molecule has 0 aliphatic carbocycles. The van der Waals surface area contributed by atoms with Crippen LogP contribution in [0.15, 0.2) is 66.7 Å². The zero-order chi connectivity index (χ0) is 20.5. The Labute approximate surface area is 174 Å². The van der Waals surface area contributed by atoms with Gasteiger partial charge in [-0.15, -0.1) is 0 Å². The molecule has 3 heteroatoms. The van der Waals surface area contributed by atoms with Gasteiger partial charge >= 0.3 is 0 Å². The van der Waals surface area contributed by atoms with Gasteiger partial charge in [0.15, 0.2) is 0 Å². The third-order valence-electron chi connectivity index (χ3n) is 5.79. The SMILES string of the molecule is Cc1cc(C=CC2C=Cc3cc(N(C)C)ccc3N2C)c(C)n1-c1ccccc1. The highest BCUT2D eigenvalue weighted by atomic mass is 15.1. The number of fused-ring (bicyclic) bond motifs is 1. The highest BCUT2D eigenvalue weighted by molar-refractivity contribution is 5.76. The van der Waals surface area contributed by atoms with Gasteiger partial charge in [-0.25, -0.2) is 0 Å². The summed E-state index contributed by atoms with van der Waals surface area (Å²) >= 11 is 0. The van der Waals surface area contributed by atoms with Crippen molar-refractivity contribution in [3.63, 3.8) is 0 Å². The molecular weight excluding hydrogens is 354 g/mol. The van der Waals surface area contributed by atoms with Crippen LogP contribution in [0.25, 0.3) is 17.8 Å². The van der Waals surface area contributed by atoms with Crippen LogP contribution in [0.3, 0.4) is 0 Å². The molecule has 1 aliphatic heterocycles. The first kappa shape index (κ1) is 19.1. The lowest BCUT2D eigenvalue weighted by molar-refractivity contribution is 0.888. The van der Waals surface area contributed by atoms with E-state index >= 15 is 0 Å². The molecule has 4 rings (SSSR count). The molecule has 1 atom stereocenters. The fourth-order valence-corrected chi connectivity index (χ4v) is 4.09. The summed E-state index contributed by atoms with van der Waals surface area (Å²) in [6.45, 7) is 4.36. The molecule has 148 valence electrons. The molecule has 3 nitrogen and oxygen atoms in total. The highest BCUT2D eigenvalue weighted by Crippen LogP contribution is 2.32. The molecule has 0 bridgehead atoms. The van der Waals surface area contributed by atoms with E-state index < -0.39 is 0 Å². The smallest absolute Gasteiger partial charge is 0.0660 e. The minimum atomic E-state index is 0.243. The fraction of sp³-hybridized carbons (Fsp3) is 0.231. The van der Waals surface area contributed by atoms with Crippen LogP contribution in [0.5, 0.6) is 0 Å². The Kier molecular flexibility index (Phi) is 5.06. The fourth-order valence-electron chi connectivity index (χ4n) is 4.09. The lowest BCUT2D eigenvalue weighted by atomic mass is 10.0.